The van der Waals surface area contributed by atoms with Crippen molar-refractivity contribution in [3.05, 3.63) is 0 Å². The molecule has 0 aromatic carbocycles. The van der Waals surface area contributed by atoms with Gasteiger partial charge in [-0.05, 0) is 12.8 Å². The van der Waals surface area contributed by atoms with E-state index < -0.39 is 11.5 Å². The third-order valence-corrected chi connectivity index (χ3v) is 6.11. The smallest absolute Gasteiger partial charge is 0.365 e. The minimum Gasteiger partial charge on any atom is -0.477 e. The molecule has 0 unspecified atom stereocenters. The molecule has 0 aromatic rings. The minimum absolute atomic E-state index is 0.556. The number of rotatable bonds is 17. The Kier molecular flexibility index (Phi) is 13.3. The lowest BCUT2D eigenvalue weighted by Gasteiger charge is -2.41. The Labute approximate surface area is 157 Å². The SMILES string of the molecule is CCCCCCCCCCCCCCCC[N+](C)(C)C(C)(C)C(=O)O. The van der Waals surface area contributed by atoms with Crippen molar-refractivity contribution in [2.75, 3.05) is 20.6 Å². The van der Waals surface area contributed by atoms with Crippen LogP contribution in [0.25, 0.3) is 0 Å². The van der Waals surface area contributed by atoms with Gasteiger partial charge in [0.1, 0.15) is 0 Å². The van der Waals surface area contributed by atoms with Crippen LogP contribution in [0, 0.1) is 0 Å². The second-order valence-corrected chi connectivity index (χ2v) is 8.87. The van der Waals surface area contributed by atoms with Crippen molar-refractivity contribution in [2.24, 2.45) is 0 Å². The van der Waals surface area contributed by atoms with Crippen LogP contribution in [0.5, 0.6) is 0 Å². The van der Waals surface area contributed by atoms with Gasteiger partial charge in [0.05, 0.1) is 20.6 Å². The van der Waals surface area contributed by atoms with Crippen LogP contribution in [0.15, 0.2) is 0 Å². The Morgan fingerprint density at radius 2 is 1.04 bits per heavy atom. The molecule has 3 nitrogen and oxygen atoms in total. The maximum absolute atomic E-state index is 11.4. The van der Waals surface area contributed by atoms with Crippen LogP contribution in [0.2, 0.25) is 0 Å². The van der Waals surface area contributed by atoms with Crippen LogP contribution >= 0.6 is 0 Å². The first-order chi connectivity index (χ1) is 11.8. The first kappa shape index (κ1) is 24.4. The van der Waals surface area contributed by atoms with E-state index in [0.29, 0.717) is 4.48 Å². The van der Waals surface area contributed by atoms with Crippen molar-refractivity contribution in [1.82, 2.24) is 0 Å². The molecule has 0 radical (unpaired) electrons. The van der Waals surface area contributed by atoms with Gasteiger partial charge in [-0.3, -0.25) is 0 Å². The summed E-state index contributed by atoms with van der Waals surface area (Å²) in [5, 5.41) is 9.38. The van der Waals surface area contributed by atoms with Gasteiger partial charge in [-0.25, -0.2) is 4.79 Å². The molecule has 0 rings (SSSR count). The fraction of sp³-hybridized carbons (Fsp3) is 0.955. The van der Waals surface area contributed by atoms with Crippen LogP contribution in [0.3, 0.4) is 0 Å². The highest BCUT2D eigenvalue weighted by Crippen LogP contribution is 2.22. The summed E-state index contributed by atoms with van der Waals surface area (Å²) in [7, 11) is 4.08. The molecular formula is C22H46NO2+. The molecule has 3 heteroatoms. The number of hydrogen-bond donors (Lipinski definition) is 1. The molecule has 0 bridgehead atoms. The largest absolute Gasteiger partial charge is 0.477 e. The summed E-state index contributed by atoms with van der Waals surface area (Å²) >= 11 is 0. The lowest BCUT2D eigenvalue weighted by molar-refractivity contribution is -0.928. The Bertz CT molecular complexity index is 337. The molecule has 0 aliphatic rings. The zero-order valence-corrected chi connectivity index (χ0v) is 17.9. The Hall–Kier alpha value is -0.570. The van der Waals surface area contributed by atoms with E-state index in [4.69, 9.17) is 0 Å². The highest BCUT2D eigenvalue weighted by molar-refractivity contribution is 5.76. The van der Waals surface area contributed by atoms with Gasteiger partial charge in [-0.2, -0.15) is 0 Å². The first-order valence-electron chi connectivity index (χ1n) is 10.8. The lowest BCUT2D eigenvalue weighted by atomic mass is 9.99. The van der Waals surface area contributed by atoms with E-state index >= 15 is 0 Å². The molecule has 25 heavy (non-hydrogen) atoms. The van der Waals surface area contributed by atoms with Crippen LogP contribution in [0.1, 0.15) is 111 Å². The third-order valence-electron chi connectivity index (χ3n) is 6.11. The molecule has 0 spiro atoms. The molecule has 0 aliphatic heterocycles. The summed E-state index contributed by atoms with van der Waals surface area (Å²) in [6.07, 6.45) is 19.0. The minimum atomic E-state index is -0.712. The molecule has 0 aliphatic carbocycles. The highest BCUT2D eigenvalue weighted by atomic mass is 16.4. The number of aliphatic carboxylic acids is 1. The van der Waals surface area contributed by atoms with Crippen LogP contribution in [0.4, 0.5) is 0 Å². The van der Waals surface area contributed by atoms with Gasteiger partial charge in [0, 0.05) is 13.8 Å². The number of carboxylic acid groups (broad SMARTS) is 1. The van der Waals surface area contributed by atoms with E-state index in [1.54, 1.807) is 0 Å². The first-order valence-corrected chi connectivity index (χ1v) is 10.8. The van der Waals surface area contributed by atoms with Crippen molar-refractivity contribution in [3.63, 3.8) is 0 Å². The predicted octanol–water partition coefficient (Wildman–Crippen LogP) is 6.41. The van der Waals surface area contributed by atoms with Gasteiger partial charge < -0.3 is 9.59 Å². The van der Waals surface area contributed by atoms with E-state index in [2.05, 4.69) is 6.92 Å². The van der Waals surface area contributed by atoms with Crippen molar-refractivity contribution >= 4 is 5.97 Å². The number of carboxylic acids is 1. The van der Waals surface area contributed by atoms with Crippen molar-refractivity contribution in [2.45, 2.75) is 116 Å². The van der Waals surface area contributed by atoms with E-state index in [9.17, 15) is 9.90 Å². The normalized spacial score (nSPS) is 12.5. The average Bonchev–Trinajstić information content (AvgIpc) is 2.54. The molecule has 0 saturated heterocycles. The maximum Gasteiger partial charge on any atom is 0.365 e. The third kappa shape index (κ3) is 10.9. The summed E-state index contributed by atoms with van der Waals surface area (Å²) in [6, 6.07) is 0. The summed E-state index contributed by atoms with van der Waals surface area (Å²) in [5.74, 6) is -0.706. The van der Waals surface area contributed by atoms with Gasteiger partial charge >= 0.3 is 5.97 Å². The quantitative estimate of drug-likeness (QED) is 0.241. The molecule has 0 aromatic heterocycles. The van der Waals surface area contributed by atoms with E-state index in [1.807, 2.05) is 27.9 Å². The van der Waals surface area contributed by atoms with Gasteiger partial charge in [0.25, 0.3) is 0 Å². The Morgan fingerprint density at radius 3 is 1.36 bits per heavy atom. The van der Waals surface area contributed by atoms with Gasteiger partial charge in [-0.1, -0.05) is 84.0 Å². The standard InChI is InChI=1S/C22H45NO2/c1-6-7-8-9-10-11-12-13-14-15-16-17-18-19-20-23(4,5)22(2,3)21(24)25/h6-20H2,1-5H3/p+1. The summed E-state index contributed by atoms with van der Waals surface area (Å²) in [5.41, 5.74) is -0.712. The number of hydrogen-bond acceptors (Lipinski definition) is 1. The molecule has 0 saturated carbocycles. The van der Waals surface area contributed by atoms with E-state index in [1.165, 1.54) is 83.5 Å². The van der Waals surface area contributed by atoms with Gasteiger partial charge in [0.15, 0.2) is 5.54 Å². The Morgan fingerprint density at radius 1 is 0.720 bits per heavy atom. The van der Waals surface area contributed by atoms with Gasteiger partial charge in [0.2, 0.25) is 0 Å². The van der Waals surface area contributed by atoms with Crippen molar-refractivity contribution in [1.29, 1.82) is 0 Å². The molecule has 150 valence electrons. The fourth-order valence-electron chi connectivity index (χ4n) is 3.24. The zero-order valence-electron chi connectivity index (χ0n) is 17.9. The molecule has 0 atom stereocenters. The number of unbranched alkanes of at least 4 members (excludes halogenated alkanes) is 13. The molecule has 0 heterocycles. The highest BCUT2D eigenvalue weighted by Gasteiger charge is 2.43. The molecule has 0 fully saturated rings. The lowest BCUT2D eigenvalue weighted by Crippen LogP contribution is -2.60. The maximum atomic E-state index is 11.4. The van der Waals surface area contributed by atoms with Gasteiger partial charge in [-0.15, -0.1) is 0 Å². The van der Waals surface area contributed by atoms with E-state index in [0.717, 1.165) is 13.0 Å². The monoisotopic (exact) mass is 356 g/mol. The van der Waals surface area contributed by atoms with Crippen LogP contribution in [-0.4, -0.2) is 41.7 Å². The second kappa shape index (κ2) is 13.6. The van der Waals surface area contributed by atoms with E-state index in [-0.39, 0.29) is 0 Å². The van der Waals surface area contributed by atoms with Crippen LogP contribution in [-0.2, 0) is 4.79 Å². The summed E-state index contributed by atoms with van der Waals surface area (Å²) in [4.78, 5) is 11.4. The molecule has 1 N–H and O–H groups in total. The second-order valence-electron chi connectivity index (χ2n) is 8.87. The summed E-state index contributed by atoms with van der Waals surface area (Å²) in [6.45, 7) is 6.88. The number of quaternary nitrogens is 1. The van der Waals surface area contributed by atoms with Crippen LogP contribution < -0.4 is 0 Å². The van der Waals surface area contributed by atoms with Crippen molar-refractivity contribution < 1.29 is 14.4 Å². The molecule has 0 amide bonds. The fourth-order valence-corrected chi connectivity index (χ4v) is 3.24. The zero-order chi connectivity index (χ0) is 19.2. The topological polar surface area (TPSA) is 37.3 Å². The Balaban J connectivity index is 3.46. The summed E-state index contributed by atoms with van der Waals surface area (Å²) < 4.78 is 0.556. The predicted molar refractivity (Wildman–Crippen MR) is 109 cm³/mol. The number of likely N-dealkylation sites (N-methyl/N-ethyl adjacent to an activating group) is 1. The number of nitrogens with zero attached hydrogens (tertiary/aromatic N) is 1. The number of carbonyl (C=O) groups is 1. The van der Waals surface area contributed by atoms with Crippen molar-refractivity contribution in [3.8, 4) is 0 Å². The average molecular weight is 357 g/mol. The molecular weight excluding hydrogens is 310 g/mol.